The van der Waals surface area contributed by atoms with Gasteiger partial charge in [-0.05, 0) is 58.7 Å². The average molecular weight is 511 g/mol. The Morgan fingerprint density at radius 3 is 1.63 bits per heavy atom. The van der Waals surface area contributed by atoms with Crippen LogP contribution in [0.5, 0.6) is 5.75 Å². The molecule has 0 unspecified atom stereocenters. The topological polar surface area (TPSA) is 141 Å². The van der Waals surface area contributed by atoms with Gasteiger partial charge in [0.2, 0.25) is 20.0 Å². The summed E-state index contributed by atoms with van der Waals surface area (Å²) in [6, 6.07) is 18.4. The van der Waals surface area contributed by atoms with Gasteiger partial charge in [0.25, 0.3) is 0 Å². The van der Waals surface area contributed by atoms with Crippen molar-refractivity contribution in [3.63, 3.8) is 0 Å². The van der Waals surface area contributed by atoms with Crippen LogP contribution in [0.25, 0.3) is 33.0 Å². The van der Waals surface area contributed by atoms with E-state index < -0.39 is 24.9 Å². The van der Waals surface area contributed by atoms with Crippen LogP contribution in [0.4, 0.5) is 0 Å². The molecule has 0 atom stereocenters. The molecule has 0 heterocycles. The number of fused-ring (bicyclic) bond motifs is 1. The zero-order valence-corrected chi connectivity index (χ0v) is 20.9. The van der Waals surface area contributed by atoms with Gasteiger partial charge in [-0.3, -0.25) is 0 Å². The molecule has 0 saturated heterocycles. The molecule has 5 N–H and O–H groups in total. The molecule has 4 rings (SSSR count). The van der Waals surface area contributed by atoms with Crippen LogP contribution < -0.4 is 10.3 Å². The second-order valence-electron chi connectivity index (χ2n) is 8.25. The summed E-state index contributed by atoms with van der Waals surface area (Å²) >= 11 is 0. The summed E-state index contributed by atoms with van der Waals surface area (Å²) in [7, 11) is -8.96. The fraction of sp³-hybridized carbons (Fsp3) is 0.154. The number of hydrogen-bond donors (Lipinski definition) is 3. The third kappa shape index (κ3) is 4.43. The van der Waals surface area contributed by atoms with Gasteiger partial charge in [-0.1, -0.05) is 62.4 Å². The summed E-state index contributed by atoms with van der Waals surface area (Å²) in [6.07, 6.45) is 1.10. The zero-order valence-electron chi connectivity index (χ0n) is 19.3. The van der Waals surface area contributed by atoms with Gasteiger partial charge in [0.1, 0.15) is 5.75 Å². The molecule has 0 aliphatic rings. The van der Waals surface area contributed by atoms with Crippen LogP contribution in [0.3, 0.4) is 0 Å². The van der Waals surface area contributed by atoms with E-state index in [0.29, 0.717) is 29.4 Å². The number of hydrogen-bond acceptors (Lipinski definition) is 5. The van der Waals surface area contributed by atoms with Gasteiger partial charge in [-0.25, -0.2) is 27.1 Å². The molecule has 0 aliphatic heterocycles. The van der Waals surface area contributed by atoms with E-state index >= 15 is 0 Å². The van der Waals surface area contributed by atoms with Crippen LogP contribution in [0.15, 0.2) is 76.5 Å². The van der Waals surface area contributed by atoms with Gasteiger partial charge in [0.05, 0.1) is 9.79 Å². The smallest absolute Gasteiger partial charge is 0.239 e. The molecular formula is C26H26N2O5S2. The number of nitrogens with two attached hydrogens (primary N) is 2. The minimum atomic E-state index is -4.48. The van der Waals surface area contributed by atoms with Crippen LogP contribution >= 0.6 is 0 Å². The Kier molecular flexibility index (Phi) is 6.46. The number of sulfonamides is 2. The molecular weight excluding hydrogens is 484 g/mol. The molecule has 182 valence electrons. The molecule has 0 aliphatic carbocycles. The Labute approximate surface area is 205 Å². The molecule has 0 bridgehead atoms. The van der Waals surface area contributed by atoms with E-state index in [2.05, 4.69) is 0 Å². The maximum absolute atomic E-state index is 13.3. The third-order valence-corrected chi connectivity index (χ3v) is 8.07. The number of phenolic OH excluding ortho intramolecular Hbond substituents is 1. The molecule has 4 aromatic carbocycles. The van der Waals surface area contributed by atoms with Crippen molar-refractivity contribution in [1.82, 2.24) is 0 Å². The molecule has 0 fully saturated rings. The lowest BCUT2D eigenvalue weighted by Crippen LogP contribution is -2.21. The lowest BCUT2D eigenvalue weighted by Gasteiger charge is -2.23. The Morgan fingerprint density at radius 2 is 1.14 bits per heavy atom. The van der Waals surface area contributed by atoms with Gasteiger partial charge in [0, 0.05) is 16.5 Å². The standard InChI is InChI=1S/C26H26N2O5S2/c1-3-16-9-5-7-11-19(16)23-21-14-13-18(29)15-22(21)25(34(27,30)31)24(26(23)35(28,32)33)20-12-8-6-10-17(20)4-2/h5-15,29H,3-4H2,1-2H3,(H2,27,30,31)(H2,28,32,33). The van der Waals surface area contributed by atoms with Crippen molar-refractivity contribution in [2.75, 3.05) is 0 Å². The summed E-state index contributed by atoms with van der Waals surface area (Å²) in [5.41, 5.74) is 2.75. The number of rotatable bonds is 6. The molecule has 0 saturated carbocycles. The van der Waals surface area contributed by atoms with Crippen molar-refractivity contribution in [2.45, 2.75) is 36.5 Å². The predicted molar refractivity (Wildman–Crippen MR) is 138 cm³/mol. The minimum Gasteiger partial charge on any atom is -0.508 e. The van der Waals surface area contributed by atoms with Crippen LogP contribution in [-0.4, -0.2) is 21.9 Å². The first-order valence-electron chi connectivity index (χ1n) is 11.0. The fourth-order valence-corrected chi connectivity index (χ4v) is 6.70. The Hall–Kier alpha value is -3.24. The molecule has 0 radical (unpaired) electrons. The third-order valence-electron chi connectivity index (χ3n) is 6.10. The second kappa shape index (κ2) is 9.09. The number of aromatic hydroxyl groups is 1. The SMILES string of the molecule is CCc1ccccc1-c1c(S(N)(=O)=O)c(-c2ccccc2CC)c2ccc(O)cc2c1S(N)(=O)=O. The Morgan fingerprint density at radius 1 is 0.657 bits per heavy atom. The van der Waals surface area contributed by atoms with E-state index in [1.165, 1.54) is 18.2 Å². The largest absolute Gasteiger partial charge is 0.508 e. The average Bonchev–Trinajstić information content (AvgIpc) is 2.80. The van der Waals surface area contributed by atoms with Crippen LogP contribution in [0.1, 0.15) is 25.0 Å². The van der Waals surface area contributed by atoms with Crippen LogP contribution in [0, 0.1) is 0 Å². The highest BCUT2D eigenvalue weighted by atomic mass is 32.2. The quantitative estimate of drug-likeness (QED) is 0.355. The summed E-state index contributed by atoms with van der Waals surface area (Å²) < 4.78 is 52.7. The molecule has 7 nitrogen and oxygen atoms in total. The van der Waals surface area contributed by atoms with E-state index in [4.69, 9.17) is 10.3 Å². The Balaban J connectivity index is 2.46. The molecule has 35 heavy (non-hydrogen) atoms. The van der Waals surface area contributed by atoms with Gasteiger partial charge in [0.15, 0.2) is 0 Å². The summed E-state index contributed by atoms with van der Waals surface area (Å²) in [5, 5.41) is 22.3. The van der Waals surface area contributed by atoms with Crippen molar-refractivity contribution in [3.8, 4) is 28.0 Å². The number of aryl methyl sites for hydroxylation is 2. The lowest BCUT2D eigenvalue weighted by atomic mass is 9.88. The number of benzene rings is 4. The Bertz CT molecular complexity index is 1680. The normalized spacial score (nSPS) is 12.2. The highest BCUT2D eigenvalue weighted by Gasteiger charge is 2.33. The van der Waals surface area contributed by atoms with Gasteiger partial charge < -0.3 is 5.11 Å². The molecule has 0 amide bonds. The van der Waals surface area contributed by atoms with Gasteiger partial charge in [-0.15, -0.1) is 0 Å². The molecule has 0 spiro atoms. The second-order valence-corrected chi connectivity index (χ2v) is 11.2. The van der Waals surface area contributed by atoms with Crippen molar-refractivity contribution < 1.29 is 21.9 Å². The zero-order chi connectivity index (χ0) is 25.5. The highest BCUT2D eigenvalue weighted by Crippen LogP contribution is 2.47. The lowest BCUT2D eigenvalue weighted by molar-refractivity contribution is 0.476. The summed E-state index contributed by atoms with van der Waals surface area (Å²) in [6.45, 7) is 3.82. The van der Waals surface area contributed by atoms with E-state index in [-0.39, 0.29) is 27.2 Å². The summed E-state index contributed by atoms with van der Waals surface area (Å²) in [5.74, 6) is -0.185. The van der Waals surface area contributed by atoms with Gasteiger partial charge in [-0.2, -0.15) is 0 Å². The maximum atomic E-state index is 13.3. The van der Waals surface area contributed by atoms with E-state index in [1.807, 2.05) is 26.0 Å². The first-order chi connectivity index (χ1) is 16.5. The summed E-state index contributed by atoms with van der Waals surface area (Å²) in [4.78, 5) is -0.715. The first kappa shape index (κ1) is 24.9. The van der Waals surface area contributed by atoms with Crippen LogP contribution in [-0.2, 0) is 32.9 Å². The first-order valence-corrected chi connectivity index (χ1v) is 14.1. The van der Waals surface area contributed by atoms with Crippen LogP contribution in [0.2, 0.25) is 0 Å². The van der Waals surface area contributed by atoms with Crippen molar-refractivity contribution >= 4 is 30.8 Å². The number of primary sulfonamides is 2. The van der Waals surface area contributed by atoms with Crippen molar-refractivity contribution in [2.24, 2.45) is 10.3 Å². The van der Waals surface area contributed by atoms with E-state index in [0.717, 1.165) is 11.1 Å². The molecule has 4 aromatic rings. The molecule has 9 heteroatoms. The monoisotopic (exact) mass is 510 g/mol. The predicted octanol–water partition coefficient (Wildman–Crippen LogP) is 4.30. The van der Waals surface area contributed by atoms with Crippen molar-refractivity contribution in [1.29, 1.82) is 0 Å². The van der Waals surface area contributed by atoms with E-state index in [1.54, 1.807) is 36.4 Å². The molecule has 0 aromatic heterocycles. The number of phenols is 1. The highest BCUT2D eigenvalue weighted by molar-refractivity contribution is 7.90. The van der Waals surface area contributed by atoms with E-state index in [9.17, 15) is 21.9 Å². The minimum absolute atomic E-state index is 0.0912. The van der Waals surface area contributed by atoms with Crippen molar-refractivity contribution in [3.05, 3.63) is 77.9 Å². The fourth-order valence-electron chi connectivity index (χ4n) is 4.66. The maximum Gasteiger partial charge on any atom is 0.239 e. The van der Waals surface area contributed by atoms with Gasteiger partial charge >= 0.3 is 0 Å².